The van der Waals surface area contributed by atoms with Gasteiger partial charge in [-0.15, -0.1) is 0 Å². The molecule has 1 aliphatic rings. The molecular weight excluding hydrogens is 228 g/mol. The molecule has 96 valence electrons. The highest BCUT2D eigenvalue weighted by Gasteiger charge is 2.25. The zero-order valence-corrected chi connectivity index (χ0v) is 10.8. The molecule has 1 unspecified atom stereocenters. The lowest BCUT2D eigenvalue weighted by atomic mass is 9.94. The third kappa shape index (κ3) is 2.04. The predicted molar refractivity (Wildman–Crippen MR) is 70.7 cm³/mol. The van der Waals surface area contributed by atoms with Gasteiger partial charge >= 0.3 is 0 Å². The van der Waals surface area contributed by atoms with Gasteiger partial charge in [-0.2, -0.15) is 0 Å². The van der Waals surface area contributed by atoms with E-state index >= 15 is 0 Å². The fraction of sp³-hybridized carbons (Fsp3) is 0.429. The van der Waals surface area contributed by atoms with E-state index < -0.39 is 0 Å². The quantitative estimate of drug-likeness (QED) is 0.816. The monoisotopic (exact) mass is 246 g/mol. The van der Waals surface area contributed by atoms with E-state index in [1.54, 1.807) is 18.0 Å². The Morgan fingerprint density at radius 3 is 2.83 bits per heavy atom. The number of nitrogens with two attached hydrogens (primary N) is 1. The summed E-state index contributed by atoms with van der Waals surface area (Å²) < 4.78 is 0. The second kappa shape index (κ2) is 4.90. The van der Waals surface area contributed by atoms with Gasteiger partial charge in [0.2, 0.25) is 5.91 Å². The lowest BCUT2D eigenvalue weighted by molar-refractivity contribution is -0.117. The molecule has 0 bridgehead atoms. The molecule has 0 saturated heterocycles. The number of rotatable bonds is 4. The van der Waals surface area contributed by atoms with Crippen molar-refractivity contribution in [2.75, 3.05) is 18.5 Å². The summed E-state index contributed by atoms with van der Waals surface area (Å²) in [6, 6.07) is 5.46. The molecule has 18 heavy (non-hydrogen) atoms. The van der Waals surface area contributed by atoms with Gasteiger partial charge in [0.15, 0.2) is 5.78 Å². The van der Waals surface area contributed by atoms with E-state index in [4.69, 9.17) is 5.73 Å². The minimum atomic E-state index is -0.127. The zero-order valence-electron chi connectivity index (χ0n) is 10.8. The molecule has 2 rings (SSSR count). The molecule has 1 amide bonds. The Morgan fingerprint density at radius 1 is 1.50 bits per heavy atom. The van der Waals surface area contributed by atoms with Crippen LogP contribution in [-0.4, -0.2) is 25.3 Å². The number of carbonyl (C=O) groups is 2. The van der Waals surface area contributed by atoms with Crippen molar-refractivity contribution in [3.05, 3.63) is 29.3 Å². The highest BCUT2D eigenvalue weighted by Crippen LogP contribution is 2.29. The van der Waals surface area contributed by atoms with E-state index in [0.29, 0.717) is 18.5 Å². The molecule has 0 aliphatic carbocycles. The molecule has 1 atom stereocenters. The Hall–Kier alpha value is -1.68. The Labute approximate surface area is 107 Å². The van der Waals surface area contributed by atoms with Crippen molar-refractivity contribution in [3.63, 3.8) is 0 Å². The van der Waals surface area contributed by atoms with Gasteiger partial charge in [-0.1, -0.05) is 6.92 Å². The molecule has 0 spiro atoms. The van der Waals surface area contributed by atoms with Crippen molar-refractivity contribution in [2.24, 2.45) is 11.7 Å². The number of anilines is 1. The lowest BCUT2D eigenvalue weighted by Gasteiger charge is -2.13. The Balaban J connectivity index is 2.31. The van der Waals surface area contributed by atoms with Gasteiger partial charge in [0.25, 0.3) is 0 Å². The lowest BCUT2D eigenvalue weighted by Crippen LogP contribution is -2.23. The Morgan fingerprint density at radius 2 is 2.22 bits per heavy atom. The van der Waals surface area contributed by atoms with Gasteiger partial charge in [0.05, 0.1) is 6.42 Å². The number of benzene rings is 1. The normalized spacial score (nSPS) is 15.7. The van der Waals surface area contributed by atoms with Crippen LogP contribution in [0.3, 0.4) is 0 Å². The molecule has 1 aromatic rings. The molecule has 1 aliphatic heterocycles. The van der Waals surface area contributed by atoms with Crippen LogP contribution < -0.4 is 10.6 Å². The second-order valence-corrected chi connectivity index (χ2v) is 4.68. The Bertz CT molecular complexity index is 493. The first-order valence-electron chi connectivity index (χ1n) is 6.22. The number of hydrogen-bond acceptors (Lipinski definition) is 3. The zero-order chi connectivity index (χ0) is 13.3. The number of nitrogens with zero attached hydrogens (tertiary/aromatic N) is 1. The van der Waals surface area contributed by atoms with Crippen LogP contribution in [0, 0.1) is 5.92 Å². The van der Waals surface area contributed by atoms with Crippen molar-refractivity contribution in [3.8, 4) is 0 Å². The van der Waals surface area contributed by atoms with E-state index in [0.717, 1.165) is 17.7 Å². The molecule has 0 saturated carbocycles. The largest absolute Gasteiger partial charge is 0.330 e. The molecule has 1 aromatic carbocycles. The number of hydrogen-bond donors (Lipinski definition) is 1. The van der Waals surface area contributed by atoms with Crippen LogP contribution in [0.4, 0.5) is 5.69 Å². The molecule has 4 heteroatoms. The fourth-order valence-corrected chi connectivity index (χ4v) is 2.32. The molecular formula is C14H18N2O2. The van der Waals surface area contributed by atoms with Crippen molar-refractivity contribution >= 4 is 17.4 Å². The molecule has 0 aromatic heterocycles. The number of ketones is 1. The van der Waals surface area contributed by atoms with Crippen LogP contribution in [0.25, 0.3) is 0 Å². The predicted octanol–water partition coefficient (Wildman–Crippen LogP) is 1.37. The van der Waals surface area contributed by atoms with E-state index in [9.17, 15) is 9.59 Å². The summed E-state index contributed by atoms with van der Waals surface area (Å²) in [6.07, 6.45) is 1.12. The number of fused-ring (bicyclic) bond motifs is 1. The summed E-state index contributed by atoms with van der Waals surface area (Å²) in [5.41, 5.74) is 8.09. The average Bonchev–Trinajstić information content (AvgIpc) is 2.66. The maximum atomic E-state index is 12.2. The highest BCUT2D eigenvalue weighted by molar-refractivity contribution is 6.03. The molecule has 4 nitrogen and oxygen atoms in total. The number of carbonyl (C=O) groups excluding carboxylic acids is 2. The van der Waals surface area contributed by atoms with E-state index in [2.05, 4.69) is 0 Å². The minimum Gasteiger partial charge on any atom is -0.330 e. The number of likely N-dealkylation sites (N-methyl/N-ethyl adjacent to an activating group) is 1. The van der Waals surface area contributed by atoms with Gasteiger partial charge in [-0.25, -0.2) is 0 Å². The summed E-state index contributed by atoms with van der Waals surface area (Å²) >= 11 is 0. The second-order valence-electron chi connectivity index (χ2n) is 4.68. The SMILES string of the molecule is CCC(CN)C(=O)c1ccc2c(c1)CC(=O)N2C. The van der Waals surface area contributed by atoms with E-state index in [-0.39, 0.29) is 17.6 Å². The standard InChI is InChI=1S/C14H18N2O2/c1-3-9(8-15)14(18)10-4-5-12-11(6-10)7-13(17)16(12)2/h4-6,9H,3,7-8,15H2,1-2H3. The minimum absolute atomic E-state index is 0.0699. The van der Waals surface area contributed by atoms with Crippen LogP contribution in [0.15, 0.2) is 18.2 Å². The van der Waals surface area contributed by atoms with Gasteiger partial charge in [0, 0.05) is 30.8 Å². The summed E-state index contributed by atoms with van der Waals surface area (Å²) in [7, 11) is 1.75. The average molecular weight is 246 g/mol. The van der Waals surface area contributed by atoms with E-state index in [1.165, 1.54) is 0 Å². The molecule has 2 N–H and O–H groups in total. The maximum absolute atomic E-state index is 12.2. The third-order valence-electron chi connectivity index (χ3n) is 3.59. The van der Waals surface area contributed by atoms with Crippen LogP contribution in [-0.2, 0) is 11.2 Å². The summed E-state index contributed by atoms with van der Waals surface area (Å²) in [4.78, 5) is 25.4. The maximum Gasteiger partial charge on any atom is 0.231 e. The van der Waals surface area contributed by atoms with Gasteiger partial charge in [-0.05, 0) is 30.2 Å². The summed E-state index contributed by atoms with van der Waals surface area (Å²) in [5, 5.41) is 0. The van der Waals surface area contributed by atoms with Crippen molar-refractivity contribution < 1.29 is 9.59 Å². The fourth-order valence-electron chi connectivity index (χ4n) is 2.32. The molecule has 1 heterocycles. The highest BCUT2D eigenvalue weighted by atomic mass is 16.2. The van der Waals surface area contributed by atoms with Crippen LogP contribution in [0.2, 0.25) is 0 Å². The van der Waals surface area contributed by atoms with Crippen LogP contribution in [0.5, 0.6) is 0 Å². The Kier molecular flexibility index (Phi) is 3.48. The van der Waals surface area contributed by atoms with Gasteiger partial charge < -0.3 is 10.6 Å². The molecule has 0 radical (unpaired) electrons. The first kappa shape index (κ1) is 12.8. The first-order chi connectivity index (χ1) is 8.58. The van der Waals surface area contributed by atoms with Crippen molar-refractivity contribution in [1.82, 2.24) is 0 Å². The third-order valence-corrected chi connectivity index (χ3v) is 3.59. The van der Waals surface area contributed by atoms with Crippen LogP contribution in [0.1, 0.15) is 29.3 Å². The van der Waals surface area contributed by atoms with E-state index in [1.807, 2.05) is 19.1 Å². The van der Waals surface area contributed by atoms with Gasteiger partial charge in [0.1, 0.15) is 0 Å². The molecule has 0 fully saturated rings. The van der Waals surface area contributed by atoms with Crippen molar-refractivity contribution in [2.45, 2.75) is 19.8 Å². The number of Topliss-reactive ketones (excluding diaryl/α,β-unsaturated/α-hetero) is 1. The summed E-state index contributed by atoms with van der Waals surface area (Å²) in [6.45, 7) is 2.32. The smallest absolute Gasteiger partial charge is 0.231 e. The van der Waals surface area contributed by atoms with Crippen molar-refractivity contribution in [1.29, 1.82) is 0 Å². The summed E-state index contributed by atoms with van der Waals surface area (Å²) in [5.74, 6) is 0.0168. The topological polar surface area (TPSA) is 63.4 Å². The number of amides is 1. The van der Waals surface area contributed by atoms with Gasteiger partial charge in [-0.3, -0.25) is 9.59 Å². The van der Waals surface area contributed by atoms with Crippen LogP contribution >= 0.6 is 0 Å². The first-order valence-corrected chi connectivity index (χ1v) is 6.22.